The van der Waals surface area contributed by atoms with Crippen LogP contribution in [-0.2, 0) is 39.8 Å². The van der Waals surface area contributed by atoms with Gasteiger partial charge < -0.3 is 20.2 Å². The van der Waals surface area contributed by atoms with Crippen LogP contribution in [0.25, 0.3) is 0 Å². The van der Waals surface area contributed by atoms with E-state index in [0.717, 1.165) is 16.7 Å². The predicted octanol–water partition coefficient (Wildman–Crippen LogP) is 4.52. The monoisotopic (exact) mass is 719 g/mol. The van der Waals surface area contributed by atoms with E-state index in [0.29, 0.717) is 5.13 Å². The Bertz CT molecular complexity index is 1900. The lowest BCUT2D eigenvalue weighted by Crippen LogP contribution is -2.65. The second kappa shape index (κ2) is 14.0. The van der Waals surface area contributed by atoms with Crippen molar-refractivity contribution in [1.29, 1.82) is 0 Å². The molecule has 4 aromatic rings. The molecular weight excluding hydrogens is 683 g/mol. The van der Waals surface area contributed by atoms with Crippen molar-refractivity contribution >= 4 is 50.3 Å². The zero-order valence-electron chi connectivity index (χ0n) is 28.0. The highest BCUT2D eigenvalue weighted by molar-refractivity contribution is 7.84. The fourth-order valence-corrected chi connectivity index (χ4v) is 6.56. The summed E-state index contributed by atoms with van der Waals surface area (Å²) >= 11 is 1.18. The van der Waals surface area contributed by atoms with E-state index in [9.17, 15) is 27.4 Å². The van der Waals surface area contributed by atoms with Crippen molar-refractivity contribution in [2.75, 3.05) is 11.9 Å². The summed E-state index contributed by atoms with van der Waals surface area (Å²) in [4.78, 5) is 49.3. The van der Waals surface area contributed by atoms with Gasteiger partial charge in [0.2, 0.25) is 5.60 Å². The van der Waals surface area contributed by atoms with Crippen molar-refractivity contribution in [3.05, 3.63) is 119 Å². The van der Waals surface area contributed by atoms with Crippen LogP contribution in [0.3, 0.4) is 0 Å². The summed E-state index contributed by atoms with van der Waals surface area (Å²) in [5.41, 5.74) is -1.03. The van der Waals surface area contributed by atoms with Crippen LogP contribution in [0.4, 0.5) is 5.13 Å². The molecule has 5 rings (SSSR count). The maximum atomic E-state index is 13.6. The highest BCUT2D eigenvalue weighted by atomic mass is 32.2. The van der Waals surface area contributed by atoms with Crippen molar-refractivity contribution in [3.63, 3.8) is 0 Å². The van der Waals surface area contributed by atoms with Gasteiger partial charge in [0.15, 0.2) is 10.8 Å². The number of oxime groups is 1. The van der Waals surface area contributed by atoms with Crippen LogP contribution in [0.1, 0.15) is 57.0 Å². The maximum absolute atomic E-state index is 13.6. The van der Waals surface area contributed by atoms with Crippen LogP contribution < -0.4 is 10.6 Å². The van der Waals surface area contributed by atoms with Gasteiger partial charge in [0, 0.05) is 5.38 Å². The molecule has 0 bridgehead atoms. The van der Waals surface area contributed by atoms with E-state index in [4.69, 9.17) is 14.6 Å². The van der Waals surface area contributed by atoms with E-state index < -0.39 is 63.1 Å². The van der Waals surface area contributed by atoms with Crippen molar-refractivity contribution < 1.29 is 36.9 Å². The molecule has 1 atom stereocenters. The number of hydrogen-bond donors (Lipinski definition) is 3. The minimum atomic E-state index is -4.79. The predicted molar refractivity (Wildman–Crippen MR) is 188 cm³/mol. The van der Waals surface area contributed by atoms with Crippen LogP contribution in [-0.4, -0.2) is 69.5 Å². The van der Waals surface area contributed by atoms with Crippen molar-refractivity contribution in [3.8, 4) is 0 Å². The molecule has 0 saturated carbocycles. The molecule has 3 aromatic carbocycles. The summed E-state index contributed by atoms with van der Waals surface area (Å²) in [5.74, 6) is -2.71. The number of nitrogens with zero attached hydrogens (tertiary/aromatic N) is 3. The van der Waals surface area contributed by atoms with Crippen LogP contribution in [0.2, 0.25) is 0 Å². The summed E-state index contributed by atoms with van der Waals surface area (Å²) in [6, 6.07) is 28.1. The second-order valence-corrected chi connectivity index (χ2v) is 15.1. The molecule has 1 unspecified atom stereocenters. The molecule has 1 aromatic heterocycles. The fraction of sp³-hybridized carbons (Fsp3) is 0.286. The number of β-lactam (4-membered cyclic amide) rings is 1. The molecule has 0 radical (unpaired) electrons. The number of aromatic nitrogens is 1. The average Bonchev–Trinajstić information content (AvgIpc) is 3.53. The van der Waals surface area contributed by atoms with E-state index in [1.807, 2.05) is 91.0 Å². The number of benzene rings is 3. The van der Waals surface area contributed by atoms with Gasteiger partial charge in [-0.2, -0.15) is 8.42 Å². The number of nitrogens with one attached hydrogen (secondary N) is 2. The zero-order chi connectivity index (χ0) is 36.3. The first-order chi connectivity index (χ1) is 23.5. The van der Waals surface area contributed by atoms with Crippen LogP contribution in [0, 0.1) is 0 Å². The smallest absolute Gasteiger partial charge is 0.362 e. The number of amides is 2. The minimum absolute atomic E-state index is 0.0384. The molecule has 50 heavy (non-hydrogen) atoms. The average molecular weight is 720 g/mol. The third-order valence-electron chi connectivity index (χ3n) is 7.61. The third kappa shape index (κ3) is 7.85. The maximum Gasteiger partial charge on any atom is 0.362 e. The van der Waals surface area contributed by atoms with Crippen LogP contribution >= 0.6 is 11.3 Å². The first-order valence-corrected chi connectivity index (χ1v) is 17.8. The topological polar surface area (TPSA) is 177 Å². The lowest BCUT2D eigenvalue weighted by Gasteiger charge is -2.36. The standard InChI is InChI=1S/C35H37N5O8S2/c1-33(2,3)47-31(43)34(4,5)48-39-28(29(41)36-26-21-40(30(26)42)50(44,45)46)27-22-49-32(37-27)38-35(23-15-9-6-10-16-23,24-17-11-7-12-18-24)25-19-13-8-14-20-25/h6-20,22,26H,21H2,1-5H3,(H,36,41)(H,37,38)(H,44,45,46). The number of ether oxygens (including phenoxy) is 1. The zero-order valence-corrected chi connectivity index (χ0v) is 29.6. The van der Waals surface area contributed by atoms with Gasteiger partial charge in [-0.25, -0.2) is 14.1 Å². The number of carbonyl (C=O) groups is 3. The Kier molecular flexibility index (Phi) is 10.1. The molecule has 2 amide bonds. The van der Waals surface area contributed by atoms with Crippen LogP contribution in [0.15, 0.2) is 102 Å². The molecule has 13 nitrogen and oxygen atoms in total. The molecular formula is C35H37N5O8S2. The fourth-order valence-electron chi connectivity index (χ4n) is 5.12. The van der Waals surface area contributed by atoms with Crippen LogP contribution in [0.5, 0.6) is 0 Å². The number of carbonyl (C=O) groups excluding carboxylic acids is 3. The van der Waals surface area contributed by atoms with E-state index in [2.05, 4.69) is 15.8 Å². The molecule has 0 spiro atoms. The van der Waals surface area contributed by atoms with Gasteiger partial charge in [0.25, 0.3) is 11.8 Å². The van der Waals surface area contributed by atoms with Gasteiger partial charge in [-0.05, 0) is 51.3 Å². The normalized spacial score (nSPS) is 15.6. The first kappa shape index (κ1) is 36.2. The molecule has 1 aliphatic rings. The third-order valence-corrected chi connectivity index (χ3v) is 9.25. The Hall–Kier alpha value is -5.12. The van der Waals surface area contributed by atoms with Crippen molar-refractivity contribution in [1.82, 2.24) is 14.6 Å². The van der Waals surface area contributed by atoms with Gasteiger partial charge in [-0.1, -0.05) is 96.2 Å². The lowest BCUT2D eigenvalue weighted by atomic mass is 9.77. The largest absolute Gasteiger partial charge is 0.457 e. The summed E-state index contributed by atoms with van der Waals surface area (Å²) < 4.78 is 37.8. The molecule has 1 aliphatic heterocycles. The Morgan fingerprint density at radius 2 is 1.40 bits per heavy atom. The van der Waals surface area contributed by atoms with E-state index in [1.165, 1.54) is 25.2 Å². The van der Waals surface area contributed by atoms with Crippen molar-refractivity contribution in [2.24, 2.45) is 5.16 Å². The van der Waals surface area contributed by atoms with Gasteiger partial charge in [0.1, 0.15) is 22.9 Å². The molecule has 262 valence electrons. The molecule has 2 heterocycles. The Morgan fingerprint density at radius 3 is 1.84 bits per heavy atom. The van der Waals surface area contributed by atoms with E-state index in [-0.39, 0.29) is 10.00 Å². The molecule has 15 heteroatoms. The van der Waals surface area contributed by atoms with Crippen molar-refractivity contribution in [2.45, 2.75) is 57.4 Å². The number of hydrogen-bond acceptors (Lipinski definition) is 11. The SMILES string of the molecule is CC(C)(C)OC(=O)C(C)(C)ON=C(C(=O)NC1CN(S(=O)(=O)O)C1=O)c1csc(NC(c2ccccc2)(c2ccccc2)c2ccccc2)n1. The first-order valence-electron chi connectivity index (χ1n) is 15.5. The molecule has 1 saturated heterocycles. The molecule has 3 N–H and O–H groups in total. The summed E-state index contributed by atoms with van der Waals surface area (Å²) in [5, 5.41) is 12.0. The minimum Gasteiger partial charge on any atom is -0.457 e. The second-order valence-electron chi connectivity index (χ2n) is 12.9. The summed E-state index contributed by atoms with van der Waals surface area (Å²) in [6.45, 7) is 7.43. The lowest BCUT2D eigenvalue weighted by molar-refractivity contribution is -0.179. The molecule has 0 aliphatic carbocycles. The number of rotatable bonds is 12. The molecule has 1 fully saturated rings. The highest BCUT2D eigenvalue weighted by Crippen LogP contribution is 2.40. The Labute approximate surface area is 294 Å². The quantitative estimate of drug-likeness (QED) is 0.0471. The highest BCUT2D eigenvalue weighted by Gasteiger charge is 2.45. The van der Waals surface area contributed by atoms with Gasteiger partial charge >= 0.3 is 16.3 Å². The Morgan fingerprint density at radius 1 is 0.900 bits per heavy atom. The summed E-state index contributed by atoms with van der Waals surface area (Å²) in [7, 11) is -4.79. The van der Waals surface area contributed by atoms with Gasteiger partial charge in [-0.3, -0.25) is 14.1 Å². The van der Waals surface area contributed by atoms with E-state index in [1.54, 1.807) is 26.2 Å². The number of anilines is 1. The van der Waals surface area contributed by atoms with E-state index >= 15 is 0 Å². The Balaban J connectivity index is 1.54. The summed E-state index contributed by atoms with van der Waals surface area (Å²) in [6.07, 6.45) is 0. The van der Waals surface area contributed by atoms with Gasteiger partial charge in [-0.15, -0.1) is 11.3 Å². The number of esters is 1. The number of thiazole rings is 1. The van der Waals surface area contributed by atoms with Gasteiger partial charge in [0.05, 0.1) is 6.54 Å².